The van der Waals surface area contributed by atoms with E-state index in [4.69, 9.17) is 0 Å². The van der Waals surface area contributed by atoms with Gasteiger partial charge in [-0.3, -0.25) is 14.6 Å². The second kappa shape index (κ2) is 6.99. The summed E-state index contributed by atoms with van der Waals surface area (Å²) in [6.07, 6.45) is 0. The summed E-state index contributed by atoms with van der Waals surface area (Å²) in [7, 11) is 0. The minimum atomic E-state index is -1.17. The summed E-state index contributed by atoms with van der Waals surface area (Å²) in [5.74, 6) is -1.45. The molecule has 0 saturated carbocycles. The van der Waals surface area contributed by atoms with Gasteiger partial charge in [0.2, 0.25) is 0 Å². The Bertz CT molecular complexity index is 888. The second-order valence-electron chi connectivity index (χ2n) is 5.10. The lowest BCUT2D eigenvalue weighted by atomic mass is 10.1. The average molecular weight is 336 g/mol. The topological polar surface area (TPSA) is 116 Å². The molecular weight excluding hydrogens is 319 g/mol. The number of carbonyl (C=O) groups excluding carboxylic acids is 1. The van der Waals surface area contributed by atoms with Crippen molar-refractivity contribution in [3.63, 3.8) is 0 Å². The van der Waals surface area contributed by atoms with E-state index in [2.05, 4.69) is 15.6 Å². The van der Waals surface area contributed by atoms with Gasteiger partial charge in [-0.25, -0.2) is 9.18 Å². The highest BCUT2D eigenvalue weighted by Crippen LogP contribution is 2.10. The van der Waals surface area contributed by atoms with Gasteiger partial charge in [0.25, 0.3) is 5.91 Å². The van der Waals surface area contributed by atoms with E-state index in [1.807, 2.05) is 0 Å². The summed E-state index contributed by atoms with van der Waals surface area (Å²) < 4.78 is 13.5. The molecule has 0 saturated heterocycles. The number of aromatic amines is 1. The monoisotopic (exact) mass is 336 g/mol. The maximum absolute atomic E-state index is 13.7. The highest BCUT2D eigenvalue weighted by molar-refractivity contribution is 5.98. The first-order valence-corrected chi connectivity index (χ1v) is 7.20. The van der Waals surface area contributed by atoms with Gasteiger partial charge in [-0.15, -0.1) is 0 Å². The van der Waals surface area contributed by atoms with Gasteiger partial charge in [0, 0.05) is 18.7 Å². The Labute approximate surface area is 135 Å². The number of anilines is 1. The van der Waals surface area contributed by atoms with Crippen LogP contribution in [0.2, 0.25) is 0 Å². The molecule has 0 aliphatic rings. The molecule has 24 heavy (non-hydrogen) atoms. The number of nitrogens with zero attached hydrogens (tertiary/aromatic N) is 1. The molecule has 9 heteroatoms. The molecule has 0 aliphatic carbocycles. The molecule has 0 radical (unpaired) electrons. The van der Waals surface area contributed by atoms with Crippen LogP contribution in [-0.2, 0) is 6.54 Å². The first-order valence-electron chi connectivity index (χ1n) is 7.20. The maximum Gasteiger partial charge on any atom is 0.363 e. The zero-order chi connectivity index (χ0) is 17.9. The number of H-pyrrole nitrogens is 1. The van der Waals surface area contributed by atoms with Crippen LogP contribution in [-0.4, -0.2) is 27.4 Å². The Kier molecular flexibility index (Phi) is 5.02. The maximum atomic E-state index is 13.7. The summed E-state index contributed by atoms with van der Waals surface area (Å²) in [5, 5.41) is 14.5. The van der Waals surface area contributed by atoms with Crippen molar-refractivity contribution in [3.8, 4) is 0 Å². The van der Waals surface area contributed by atoms with Crippen LogP contribution >= 0.6 is 0 Å². The lowest BCUT2D eigenvalue weighted by Gasteiger charge is -2.11. The Balaban J connectivity index is 2.33. The number of amides is 1. The number of aromatic nitrogens is 2. The summed E-state index contributed by atoms with van der Waals surface area (Å²) in [5.41, 5.74) is -1.64. The van der Waals surface area contributed by atoms with Gasteiger partial charge in [0.15, 0.2) is 0 Å². The number of rotatable bonds is 5. The van der Waals surface area contributed by atoms with Crippen LogP contribution in [0.3, 0.4) is 0 Å². The molecule has 0 atom stereocenters. The van der Waals surface area contributed by atoms with Crippen molar-refractivity contribution < 1.29 is 14.4 Å². The minimum absolute atomic E-state index is 0.111. The quantitative estimate of drug-likeness (QED) is 0.596. The Hall–Kier alpha value is -3.10. The van der Waals surface area contributed by atoms with Crippen molar-refractivity contribution in [1.82, 2.24) is 15.0 Å². The SMILES string of the molecule is CCNc1[nH]c(=O)n(O)c(=O)c1C(=O)NCc1cc(C)ccc1F. The van der Waals surface area contributed by atoms with Crippen LogP contribution in [0.1, 0.15) is 28.4 Å². The molecule has 128 valence electrons. The molecular formula is C15H17FN4O4. The summed E-state index contributed by atoms with van der Waals surface area (Å²) >= 11 is 0. The first kappa shape index (κ1) is 17.3. The molecule has 1 heterocycles. The fourth-order valence-electron chi connectivity index (χ4n) is 2.15. The van der Waals surface area contributed by atoms with E-state index in [-0.39, 0.29) is 22.7 Å². The first-order chi connectivity index (χ1) is 11.3. The van der Waals surface area contributed by atoms with Crippen molar-refractivity contribution in [2.24, 2.45) is 0 Å². The van der Waals surface area contributed by atoms with Crippen LogP contribution in [0.5, 0.6) is 0 Å². The van der Waals surface area contributed by atoms with Crippen molar-refractivity contribution in [1.29, 1.82) is 0 Å². The van der Waals surface area contributed by atoms with E-state index in [0.717, 1.165) is 5.56 Å². The third-order valence-corrected chi connectivity index (χ3v) is 3.30. The molecule has 0 aliphatic heterocycles. The number of nitrogens with one attached hydrogen (secondary N) is 3. The zero-order valence-corrected chi connectivity index (χ0v) is 13.1. The Morgan fingerprint density at radius 3 is 2.75 bits per heavy atom. The van der Waals surface area contributed by atoms with E-state index < -0.39 is 28.5 Å². The van der Waals surface area contributed by atoms with Crippen LogP contribution in [0.25, 0.3) is 0 Å². The normalized spacial score (nSPS) is 10.5. The number of hydrogen-bond donors (Lipinski definition) is 4. The fraction of sp³-hybridized carbons (Fsp3) is 0.267. The van der Waals surface area contributed by atoms with Crippen molar-refractivity contribution in [2.45, 2.75) is 20.4 Å². The van der Waals surface area contributed by atoms with Gasteiger partial charge in [-0.2, -0.15) is 0 Å². The van der Waals surface area contributed by atoms with E-state index in [9.17, 15) is 24.0 Å². The molecule has 0 spiro atoms. The highest BCUT2D eigenvalue weighted by atomic mass is 19.1. The average Bonchev–Trinajstić information content (AvgIpc) is 2.54. The predicted octanol–water partition coefficient (Wildman–Crippen LogP) is 0.583. The molecule has 1 aromatic carbocycles. The van der Waals surface area contributed by atoms with E-state index in [0.29, 0.717) is 6.54 Å². The van der Waals surface area contributed by atoms with Gasteiger partial charge in [0.05, 0.1) is 0 Å². The second-order valence-corrected chi connectivity index (χ2v) is 5.10. The van der Waals surface area contributed by atoms with Gasteiger partial charge in [0.1, 0.15) is 17.2 Å². The third-order valence-electron chi connectivity index (χ3n) is 3.30. The smallest absolute Gasteiger partial charge is 0.363 e. The minimum Gasteiger partial charge on any atom is -0.421 e. The lowest BCUT2D eigenvalue weighted by Crippen LogP contribution is -2.41. The number of benzene rings is 1. The van der Waals surface area contributed by atoms with E-state index in [1.165, 1.54) is 6.07 Å². The molecule has 0 fully saturated rings. The van der Waals surface area contributed by atoms with Gasteiger partial charge >= 0.3 is 11.2 Å². The molecule has 0 bridgehead atoms. The largest absolute Gasteiger partial charge is 0.421 e. The van der Waals surface area contributed by atoms with E-state index in [1.54, 1.807) is 26.0 Å². The molecule has 1 aromatic heterocycles. The molecule has 8 nitrogen and oxygen atoms in total. The Morgan fingerprint density at radius 2 is 2.08 bits per heavy atom. The van der Waals surface area contributed by atoms with Gasteiger partial charge < -0.3 is 15.8 Å². The molecule has 2 rings (SSSR count). The zero-order valence-electron chi connectivity index (χ0n) is 13.1. The predicted molar refractivity (Wildman–Crippen MR) is 85.0 cm³/mol. The number of aryl methyl sites for hydroxylation is 1. The van der Waals surface area contributed by atoms with Crippen LogP contribution in [0, 0.1) is 12.7 Å². The van der Waals surface area contributed by atoms with Crippen LogP contribution in [0.4, 0.5) is 10.2 Å². The van der Waals surface area contributed by atoms with Crippen molar-refractivity contribution in [3.05, 3.63) is 61.5 Å². The van der Waals surface area contributed by atoms with Crippen LogP contribution in [0.15, 0.2) is 27.8 Å². The third kappa shape index (κ3) is 3.45. The fourth-order valence-corrected chi connectivity index (χ4v) is 2.15. The lowest BCUT2D eigenvalue weighted by molar-refractivity contribution is 0.0939. The molecule has 1 amide bonds. The van der Waals surface area contributed by atoms with Gasteiger partial charge in [-0.1, -0.05) is 22.4 Å². The Morgan fingerprint density at radius 1 is 1.38 bits per heavy atom. The number of hydrogen-bond acceptors (Lipinski definition) is 5. The summed E-state index contributed by atoms with van der Waals surface area (Å²) in [4.78, 5) is 37.9. The standard InChI is InChI=1S/C15H17FN4O4/c1-3-17-12-11(14(22)20(24)15(23)19-12)13(21)18-7-9-6-8(2)4-5-10(9)16/h4-6,17,24H,3,7H2,1-2H3,(H,18,21)(H,19,23). The van der Waals surface area contributed by atoms with Crippen LogP contribution < -0.4 is 21.9 Å². The molecule has 2 aromatic rings. The summed E-state index contributed by atoms with van der Waals surface area (Å²) in [6, 6.07) is 4.44. The number of halogens is 1. The summed E-state index contributed by atoms with van der Waals surface area (Å²) in [6.45, 7) is 3.66. The van der Waals surface area contributed by atoms with E-state index >= 15 is 0 Å². The van der Waals surface area contributed by atoms with Crippen molar-refractivity contribution in [2.75, 3.05) is 11.9 Å². The van der Waals surface area contributed by atoms with Gasteiger partial charge in [-0.05, 0) is 19.9 Å². The number of carbonyl (C=O) groups is 1. The molecule has 0 unspecified atom stereocenters. The van der Waals surface area contributed by atoms with Crippen molar-refractivity contribution >= 4 is 11.7 Å². The molecule has 4 N–H and O–H groups in total. The highest BCUT2D eigenvalue weighted by Gasteiger charge is 2.20.